The van der Waals surface area contributed by atoms with Crippen molar-refractivity contribution in [1.29, 1.82) is 0 Å². The molecule has 2 aliphatic heterocycles. The van der Waals surface area contributed by atoms with E-state index < -0.39 is 11.3 Å². The number of carbonyl (C=O) groups excluding carboxylic acids is 1. The molecule has 2 heterocycles. The second kappa shape index (κ2) is 5.83. The Bertz CT molecular complexity index is 591. The zero-order chi connectivity index (χ0) is 16.7. The predicted octanol–water partition coefficient (Wildman–Crippen LogP) is 1.87. The third-order valence-corrected chi connectivity index (χ3v) is 4.92. The molecular weight excluding hydrogens is 302 g/mol. The highest BCUT2D eigenvalue weighted by Gasteiger charge is 2.56. The highest BCUT2D eigenvalue weighted by atomic mass is 19.3. The molecule has 23 heavy (non-hydrogen) atoms. The molecule has 2 saturated heterocycles. The van der Waals surface area contributed by atoms with Gasteiger partial charge in [0.1, 0.15) is 0 Å². The van der Waals surface area contributed by atoms with E-state index in [2.05, 4.69) is 0 Å². The van der Waals surface area contributed by atoms with Gasteiger partial charge in [0.25, 0.3) is 5.92 Å². The summed E-state index contributed by atoms with van der Waals surface area (Å²) in [5.74, 6) is -3.00. The molecule has 0 aromatic heterocycles. The van der Waals surface area contributed by atoms with Crippen LogP contribution in [0.3, 0.4) is 0 Å². The summed E-state index contributed by atoms with van der Waals surface area (Å²) in [6.07, 6.45) is 0.154. The number of rotatable bonds is 3. The van der Waals surface area contributed by atoms with Crippen LogP contribution in [0.15, 0.2) is 24.3 Å². The highest BCUT2D eigenvalue weighted by Crippen LogP contribution is 2.45. The van der Waals surface area contributed by atoms with E-state index in [-0.39, 0.29) is 25.5 Å². The molecule has 1 amide bonds. The molecule has 0 aliphatic carbocycles. The van der Waals surface area contributed by atoms with Gasteiger partial charge in [0.2, 0.25) is 5.91 Å². The number of alkyl halides is 2. The van der Waals surface area contributed by atoms with Gasteiger partial charge in [-0.05, 0) is 17.5 Å². The first-order chi connectivity index (χ1) is 10.8. The SMILES string of the molecule is CN1CCC2(CN(Cc3ccc(CO)cc3)CC(F)(F)C2)C1=O. The molecule has 1 aromatic rings. The monoisotopic (exact) mass is 324 g/mol. The lowest BCUT2D eigenvalue weighted by Gasteiger charge is -2.42. The van der Waals surface area contributed by atoms with E-state index in [9.17, 15) is 13.6 Å². The molecule has 6 heteroatoms. The largest absolute Gasteiger partial charge is 0.392 e. The maximum Gasteiger partial charge on any atom is 0.261 e. The molecule has 1 aromatic carbocycles. The summed E-state index contributed by atoms with van der Waals surface area (Å²) in [5, 5.41) is 9.06. The number of benzene rings is 1. The molecule has 1 spiro atoms. The van der Waals surface area contributed by atoms with Gasteiger partial charge < -0.3 is 10.0 Å². The summed E-state index contributed by atoms with van der Waals surface area (Å²) in [7, 11) is 1.68. The zero-order valence-electron chi connectivity index (χ0n) is 13.3. The standard InChI is InChI=1S/C17H22F2N2O2/c1-20-7-6-16(15(20)23)10-17(18,19)12-21(11-16)8-13-2-4-14(9-22)5-3-13/h2-5,22H,6-12H2,1H3. The Hall–Kier alpha value is -1.53. The van der Waals surface area contributed by atoms with Crippen LogP contribution in [-0.2, 0) is 17.9 Å². The lowest BCUT2D eigenvalue weighted by molar-refractivity contribution is -0.154. The van der Waals surface area contributed by atoms with E-state index in [0.29, 0.717) is 26.1 Å². The number of hydrogen-bond acceptors (Lipinski definition) is 3. The maximum atomic E-state index is 14.2. The Morgan fingerprint density at radius 3 is 2.39 bits per heavy atom. The first-order valence-corrected chi connectivity index (χ1v) is 7.88. The van der Waals surface area contributed by atoms with Crippen molar-refractivity contribution in [2.75, 3.05) is 26.7 Å². The summed E-state index contributed by atoms with van der Waals surface area (Å²) in [6.45, 7) is 0.973. The Morgan fingerprint density at radius 1 is 1.17 bits per heavy atom. The zero-order valence-corrected chi connectivity index (χ0v) is 13.3. The number of aliphatic hydroxyl groups is 1. The molecular formula is C17H22F2N2O2. The average molecular weight is 324 g/mol. The van der Waals surface area contributed by atoms with Gasteiger partial charge >= 0.3 is 0 Å². The first-order valence-electron chi connectivity index (χ1n) is 7.88. The lowest BCUT2D eigenvalue weighted by atomic mass is 9.77. The number of amides is 1. The Balaban J connectivity index is 1.77. The van der Waals surface area contributed by atoms with Crippen LogP contribution in [0.25, 0.3) is 0 Å². The number of halogens is 2. The summed E-state index contributed by atoms with van der Waals surface area (Å²) in [5.41, 5.74) is 0.761. The summed E-state index contributed by atoms with van der Waals surface area (Å²) in [6, 6.07) is 7.27. The molecule has 1 atom stereocenters. The van der Waals surface area contributed by atoms with Crippen molar-refractivity contribution < 1.29 is 18.7 Å². The molecule has 2 aliphatic rings. The highest BCUT2D eigenvalue weighted by molar-refractivity contribution is 5.85. The van der Waals surface area contributed by atoms with Gasteiger partial charge in [0, 0.05) is 33.1 Å². The number of likely N-dealkylation sites (tertiary alicyclic amines) is 2. The molecule has 0 bridgehead atoms. The van der Waals surface area contributed by atoms with Gasteiger partial charge in [-0.15, -0.1) is 0 Å². The molecule has 0 saturated carbocycles. The molecule has 0 radical (unpaired) electrons. The van der Waals surface area contributed by atoms with Gasteiger partial charge in [-0.2, -0.15) is 0 Å². The lowest BCUT2D eigenvalue weighted by Crippen LogP contribution is -2.55. The van der Waals surface area contributed by atoms with Crippen molar-refractivity contribution in [3.63, 3.8) is 0 Å². The first kappa shape index (κ1) is 16.3. The second-order valence-corrected chi connectivity index (χ2v) is 6.91. The van der Waals surface area contributed by atoms with E-state index in [0.717, 1.165) is 11.1 Å². The van der Waals surface area contributed by atoms with Crippen LogP contribution in [0.1, 0.15) is 24.0 Å². The third-order valence-electron chi connectivity index (χ3n) is 4.92. The van der Waals surface area contributed by atoms with Crippen molar-refractivity contribution >= 4 is 5.91 Å². The van der Waals surface area contributed by atoms with E-state index in [1.54, 1.807) is 29.0 Å². The smallest absolute Gasteiger partial charge is 0.261 e. The van der Waals surface area contributed by atoms with Crippen molar-refractivity contribution in [1.82, 2.24) is 9.80 Å². The minimum Gasteiger partial charge on any atom is -0.392 e. The van der Waals surface area contributed by atoms with Crippen molar-refractivity contribution in [2.24, 2.45) is 5.41 Å². The fourth-order valence-electron chi connectivity index (χ4n) is 3.84. The molecule has 2 fully saturated rings. The van der Waals surface area contributed by atoms with Gasteiger partial charge in [-0.1, -0.05) is 24.3 Å². The predicted molar refractivity (Wildman–Crippen MR) is 81.9 cm³/mol. The molecule has 3 rings (SSSR count). The van der Waals surface area contributed by atoms with Crippen molar-refractivity contribution in [2.45, 2.75) is 31.9 Å². The van der Waals surface area contributed by atoms with Crippen LogP contribution in [0.5, 0.6) is 0 Å². The van der Waals surface area contributed by atoms with Crippen LogP contribution in [0.4, 0.5) is 8.78 Å². The molecule has 126 valence electrons. The van der Waals surface area contributed by atoms with Crippen molar-refractivity contribution in [3.8, 4) is 0 Å². The Kier molecular flexibility index (Phi) is 4.14. The second-order valence-electron chi connectivity index (χ2n) is 6.91. The summed E-state index contributed by atoms with van der Waals surface area (Å²) < 4.78 is 28.5. The van der Waals surface area contributed by atoms with E-state index in [1.807, 2.05) is 12.1 Å². The fourth-order valence-corrected chi connectivity index (χ4v) is 3.84. The molecule has 1 unspecified atom stereocenters. The van der Waals surface area contributed by atoms with Gasteiger partial charge in [-0.25, -0.2) is 8.78 Å². The van der Waals surface area contributed by atoms with Crippen LogP contribution < -0.4 is 0 Å². The number of aliphatic hydroxyl groups excluding tert-OH is 1. The summed E-state index contributed by atoms with van der Waals surface area (Å²) >= 11 is 0. The quantitative estimate of drug-likeness (QED) is 0.923. The number of carbonyl (C=O) groups is 1. The van der Waals surface area contributed by atoms with Crippen LogP contribution >= 0.6 is 0 Å². The topological polar surface area (TPSA) is 43.8 Å². The van der Waals surface area contributed by atoms with E-state index in [1.165, 1.54) is 0 Å². The fraction of sp³-hybridized carbons (Fsp3) is 0.588. The minimum atomic E-state index is -2.84. The van der Waals surface area contributed by atoms with Gasteiger partial charge in [0.15, 0.2) is 0 Å². The number of nitrogens with zero attached hydrogens (tertiary/aromatic N) is 2. The summed E-state index contributed by atoms with van der Waals surface area (Å²) in [4.78, 5) is 15.6. The average Bonchev–Trinajstić information content (AvgIpc) is 2.75. The normalized spacial score (nSPS) is 27.8. The molecule has 1 N–H and O–H groups in total. The maximum absolute atomic E-state index is 14.2. The van der Waals surface area contributed by atoms with E-state index in [4.69, 9.17) is 5.11 Å². The number of hydrogen-bond donors (Lipinski definition) is 1. The van der Waals surface area contributed by atoms with Crippen LogP contribution in [0.2, 0.25) is 0 Å². The number of piperidine rings is 1. The van der Waals surface area contributed by atoms with Crippen molar-refractivity contribution in [3.05, 3.63) is 35.4 Å². The Morgan fingerprint density at radius 2 is 1.83 bits per heavy atom. The van der Waals surface area contributed by atoms with Crippen LogP contribution in [-0.4, -0.2) is 53.4 Å². The van der Waals surface area contributed by atoms with E-state index >= 15 is 0 Å². The third kappa shape index (κ3) is 3.23. The van der Waals surface area contributed by atoms with Gasteiger partial charge in [0.05, 0.1) is 18.6 Å². The molecule has 4 nitrogen and oxygen atoms in total. The van der Waals surface area contributed by atoms with Gasteiger partial charge in [-0.3, -0.25) is 9.69 Å². The minimum absolute atomic E-state index is 0.0357. The Labute approximate surface area is 134 Å². The van der Waals surface area contributed by atoms with Crippen LogP contribution in [0, 0.1) is 5.41 Å².